The fourth-order valence-electron chi connectivity index (χ4n) is 4.23. The number of likely N-dealkylation sites (N-methyl/N-ethyl adjacent to an activating group) is 1. The Balaban J connectivity index is 1.78. The van der Waals surface area contributed by atoms with Crippen molar-refractivity contribution in [2.45, 2.75) is 46.5 Å². The average molecular weight is 366 g/mol. The number of hydrogen-bond acceptors (Lipinski definition) is 3. The standard InChI is InChI=1S/C21H43N5/c1-6-22-21(25(5)17-20-9-7-18(2)8-10-20)23-15-19(3)16-26-13-11-24(4)12-14-26/h18-20H,6-17H2,1-5H3,(H,22,23). The third kappa shape index (κ3) is 7.43. The van der Waals surface area contributed by atoms with Crippen molar-refractivity contribution >= 4 is 5.96 Å². The van der Waals surface area contributed by atoms with E-state index in [0.29, 0.717) is 5.92 Å². The smallest absolute Gasteiger partial charge is 0.193 e. The molecule has 2 rings (SSSR count). The summed E-state index contributed by atoms with van der Waals surface area (Å²) in [5, 5.41) is 3.50. The van der Waals surface area contributed by atoms with Gasteiger partial charge in [-0.3, -0.25) is 4.99 Å². The monoisotopic (exact) mass is 365 g/mol. The molecule has 2 aliphatic rings. The Morgan fingerprint density at radius 1 is 1.15 bits per heavy atom. The summed E-state index contributed by atoms with van der Waals surface area (Å²) in [6, 6.07) is 0. The maximum Gasteiger partial charge on any atom is 0.193 e. The van der Waals surface area contributed by atoms with Crippen LogP contribution in [0.1, 0.15) is 46.5 Å². The summed E-state index contributed by atoms with van der Waals surface area (Å²) in [7, 11) is 4.43. The second-order valence-corrected chi connectivity index (χ2v) is 8.91. The normalized spacial score (nSPS) is 27.3. The Morgan fingerprint density at radius 2 is 1.81 bits per heavy atom. The van der Waals surface area contributed by atoms with Gasteiger partial charge in [0.25, 0.3) is 0 Å². The highest BCUT2D eigenvalue weighted by atomic mass is 15.3. The maximum absolute atomic E-state index is 4.97. The van der Waals surface area contributed by atoms with Gasteiger partial charge in [-0.1, -0.05) is 26.7 Å². The fourth-order valence-corrected chi connectivity index (χ4v) is 4.23. The first kappa shape index (κ1) is 21.5. The summed E-state index contributed by atoms with van der Waals surface area (Å²) in [5.74, 6) is 3.46. The van der Waals surface area contributed by atoms with Crippen LogP contribution in [0.15, 0.2) is 4.99 Å². The number of hydrogen-bond donors (Lipinski definition) is 1. The van der Waals surface area contributed by atoms with Gasteiger partial charge in [0.15, 0.2) is 5.96 Å². The van der Waals surface area contributed by atoms with E-state index in [0.717, 1.165) is 37.4 Å². The van der Waals surface area contributed by atoms with Gasteiger partial charge in [0, 0.05) is 59.4 Å². The van der Waals surface area contributed by atoms with Gasteiger partial charge >= 0.3 is 0 Å². The van der Waals surface area contributed by atoms with Gasteiger partial charge in [-0.05, 0) is 44.6 Å². The molecule has 1 saturated carbocycles. The zero-order valence-corrected chi connectivity index (χ0v) is 18.0. The molecule has 1 saturated heterocycles. The van der Waals surface area contributed by atoms with Crippen molar-refractivity contribution in [2.24, 2.45) is 22.7 Å². The first-order valence-corrected chi connectivity index (χ1v) is 10.9. The Hall–Kier alpha value is -0.810. The zero-order valence-electron chi connectivity index (χ0n) is 18.0. The van der Waals surface area contributed by atoms with Crippen molar-refractivity contribution in [3.63, 3.8) is 0 Å². The average Bonchev–Trinajstić information content (AvgIpc) is 2.62. The summed E-state index contributed by atoms with van der Waals surface area (Å²) in [6.07, 6.45) is 5.55. The third-order valence-electron chi connectivity index (χ3n) is 6.08. The Kier molecular flexibility index (Phi) is 9.20. The maximum atomic E-state index is 4.97. The van der Waals surface area contributed by atoms with E-state index in [2.05, 4.69) is 54.9 Å². The van der Waals surface area contributed by atoms with Crippen LogP contribution in [-0.4, -0.2) is 87.1 Å². The first-order valence-electron chi connectivity index (χ1n) is 10.9. The molecular formula is C21H43N5. The summed E-state index contributed by atoms with van der Waals surface area (Å²) in [4.78, 5) is 12.4. The molecule has 1 atom stereocenters. The Morgan fingerprint density at radius 3 is 2.42 bits per heavy atom. The van der Waals surface area contributed by atoms with Gasteiger partial charge in [-0.15, -0.1) is 0 Å². The van der Waals surface area contributed by atoms with Crippen molar-refractivity contribution in [1.29, 1.82) is 0 Å². The largest absolute Gasteiger partial charge is 0.357 e. The van der Waals surface area contributed by atoms with Crippen LogP contribution in [-0.2, 0) is 0 Å². The van der Waals surface area contributed by atoms with Gasteiger partial charge in [0.05, 0.1) is 0 Å². The van der Waals surface area contributed by atoms with Crippen LogP contribution in [0, 0.1) is 17.8 Å². The predicted octanol–water partition coefficient (Wildman–Crippen LogP) is 2.59. The highest BCUT2D eigenvalue weighted by Crippen LogP contribution is 2.28. The number of nitrogens with one attached hydrogen (secondary N) is 1. The fraction of sp³-hybridized carbons (Fsp3) is 0.952. The van der Waals surface area contributed by atoms with Crippen LogP contribution >= 0.6 is 0 Å². The number of aliphatic imine (C=N–C) groups is 1. The van der Waals surface area contributed by atoms with E-state index in [1.54, 1.807) is 0 Å². The molecule has 0 radical (unpaired) electrons. The lowest BCUT2D eigenvalue weighted by atomic mass is 9.83. The van der Waals surface area contributed by atoms with Crippen LogP contribution < -0.4 is 5.32 Å². The number of piperazine rings is 1. The van der Waals surface area contributed by atoms with E-state index in [1.165, 1.54) is 58.4 Å². The Labute approximate surface area is 162 Å². The van der Waals surface area contributed by atoms with Crippen molar-refractivity contribution in [1.82, 2.24) is 20.0 Å². The SMILES string of the molecule is CCNC(=NCC(C)CN1CCN(C)CC1)N(C)CC1CCC(C)CC1. The summed E-state index contributed by atoms with van der Waals surface area (Å²) in [6.45, 7) is 15.9. The second kappa shape index (κ2) is 11.1. The van der Waals surface area contributed by atoms with Crippen molar-refractivity contribution in [2.75, 3.05) is 66.5 Å². The molecule has 0 amide bonds. The third-order valence-corrected chi connectivity index (χ3v) is 6.08. The highest BCUT2D eigenvalue weighted by molar-refractivity contribution is 5.79. The molecule has 26 heavy (non-hydrogen) atoms. The molecule has 0 spiro atoms. The lowest BCUT2D eigenvalue weighted by molar-refractivity contribution is 0.140. The molecule has 0 aromatic heterocycles. The molecule has 2 fully saturated rings. The van der Waals surface area contributed by atoms with Crippen molar-refractivity contribution in [3.8, 4) is 0 Å². The lowest BCUT2D eigenvalue weighted by Crippen LogP contribution is -2.46. The van der Waals surface area contributed by atoms with Crippen LogP contribution in [0.3, 0.4) is 0 Å². The number of nitrogens with zero attached hydrogens (tertiary/aromatic N) is 4. The summed E-state index contributed by atoms with van der Waals surface area (Å²) >= 11 is 0. The summed E-state index contributed by atoms with van der Waals surface area (Å²) in [5.41, 5.74) is 0. The number of rotatable bonds is 7. The number of guanidine groups is 1. The van der Waals surface area contributed by atoms with Crippen LogP contribution in [0.4, 0.5) is 0 Å². The molecule has 0 aromatic carbocycles. The molecule has 0 aromatic rings. The highest BCUT2D eigenvalue weighted by Gasteiger charge is 2.21. The van der Waals surface area contributed by atoms with Gasteiger partial charge in [0.2, 0.25) is 0 Å². The molecule has 1 aliphatic heterocycles. The Bertz CT molecular complexity index is 409. The topological polar surface area (TPSA) is 34.1 Å². The molecule has 5 nitrogen and oxygen atoms in total. The molecule has 152 valence electrons. The van der Waals surface area contributed by atoms with E-state index < -0.39 is 0 Å². The molecule has 1 unspecified atom stereocenters. The van der Waals surface area contributed by atoms with Crippen LogP contribution in [0.25, 0.3) is 0 Å². The lowest BCUT2D eigenvalue weighted by Gasteiger charge is -2.34. The van der Waals surface area contributed by atoms with Gasteiger partial charge < -0.3 is 20.0 Å². The van der Waals surface area contributed by atoms with E-state index in [1.807, 2.05) is 0 Å². The van der Waals surface area contributed by atoms with Crippen LogP contribution in [0.5, 0.6) is 0 Å². The minimum atomic E-state index is 0.607. The predicted molar refractivity (Wildman–Crippen MR) is 113 cm³/mol. The van der Waals surface area contributed by atoms with E-state index in [9.17, 15) is 0 Å². The summed E-state index contributed by atoms with van der Waals surface area (Å²) < 4.78 is 0. The van der Waals surface area contributed by atoms with Gasteiger partial charge in [-0.25, -0.2) is 0 Å². The van der Waals surface area contributed by atoms with Gasteiger partial charge in [0.1, 0.15) is 0 Å². The quantitative estimate of drug-likeness (QED) is 0.555. The molecule has 0 bridgehead atoms. The van der Waals surface area contributed by atoms with E-state index in [-0.39, 0.29) is 0 Å². The second-order valence-electron chi connectivity index (χ2n) is 8.91. The minimum absolute atomic E-state index is 0.607. The van der Waals surface area contributed by atoms with Crippen molar-refractivity contribution in [3.05, 3.63) is 0 Å². The molecule has 1 N–H and O–H groups in total. The van der Waals surface area contributed by atoms with Crippen LogP contribution in [0.2, 0.25) is 0 Å². The first-order chi connectivity index (χ1) is 12.5. The van der Waals surface area contributed by atoms with Crippen molar-refractivity contribution < 1.29 is 0 Å². The molecule has 1 heterocycles. The molecular weight excluding hydrogens is 322 g/mol. The van der Waals surface area contributed by atoms with E-state index >= 15 is 0 Å². The van der Waals surface area contributed by atoms with E-state index in [4.69, 9.17) is 4.99 Å². The minimum Gasteiger partial charge on any atom is -0.357 e. The molecule has 1 aliphatic carbocycles. The van der Waals surface area contributed by atoms with Gasteiger partial charge in [-0.2, -0.15) is 0 Å². The molecule has 5 heteroatoms. The zero-order chi connectivity index (χ0) is 18.9.